The molecule has 1 fully saturated rings. The van der Waals surface area contributed by atoms with Crippen molar-refractivity contribution >= 4 is 0 Å². The van der Waals surface area contributed by atoms with Crippen LogP contribution in [0.4, 0.5) is 0 Å². The van der Waals surface area contributed by atoms with Crippen LogP contribution in [-0.4, -0.2) is 13.6 Å². The minimum Gasteiger partial charge on any atom is -0.320 e. The van der Waals surface area contributed by atoms with Gasteiger partial charge in [0.05, 0.1) is 0 Å². The van der Waals surface area contributed by atoms with E-state index in [1.54, 1.807) is 0 Å². The van der Waals surface area contributed by atoms with Crippen molar-refractivity contribution in [3.05, 3.63) is 0 Å². The van der Waals surface area contributed by atoms with Gasteiger partial charge in [0, 0.05) is 0 Å². The second kappa shape index (κ2) is 4.86. The molecule has 1 saturated carbocycles. The van der Waals surface area contributed by atoms with Crippen LogP contribution in [0, 0.1) is 17.8 Å². The van der Waals surface area contributed by atoms with E-state index in [2.05, 4.69) is 19.2 Å². The fourth-order valence-corrected chi connectivity index (χ4v) is 2.13. The first-order valence-corrected chi connectivity index (χ1v) is 5.38. The highest BCUT2D eigenvalue weighted by Gasteiger charge is 2.30. The van der Waals surface area contributed by atoms with E-state index in [1.165, 1.54) is 32.2 Å². The van der Waals surface area contributed by atoms with Gasteiger partial charge in [0.15, 0.2) is 0 Å². The van der Waals surface area contributed by atoms with Gasteiger partial charge in [0.1, 0.15) is 0 Å². The summed E-state index contributed by atoms with van der Waals surface area (Å²) < 4.78 is 0. The van der Waals surface area contributed by atoms with Crippen molar-refractivity contribution in [3.8, 4) is 0 Å². The summed E-state index contributed by atoms with van der Waals surface area (Å²) in [6.07, 6.45) is 5.82. The number of hydrogen-bond acceptors (Lipinski definition) is 1. The lowest BCUT2D eigenvalue weighted by molar-refractivity contribution is 0.131. The molecular formula is C11H23N. The van der Waals surface area contributed by atoms with E-state index in [0.717, 1.165) is 17.8 Å². The Morgan fingerprint density at radius 1 is 1.33 bits per heavy atom. The summed E-state index contributed by atoms with van der Waals surface area (Å²) in [6.45, 7) is 5.91. The molecule has 1 N–H and O–H groups in total. The summed E-state index contributed by atoms with van der Waals surface area (Å²) in [4.78, 5) is 0. The zero-order valence-electron chi connectivity index (χ0n) is 8.77. The molecule has 1 aliphatic carbocycles. The van der Waals surface area contributed by atoms with E-state index in [1.807, 2.05) is 7.05 Å². The third-order valence-corrected chi connectivity index (χ3v) is 3.25. The monoisotopic (exact) mass is 169 g/mol. The number of rotatable bonds is 5. The van der Waals surface area contributed by atoms with Gasteiger partial charge >= 0.3 is 0 Å². The van der Waals surface area contributed by atoms with Crippen LogP contribution in [0.3, 0.4) is 0 Å². The zero-order chi connectivity index (χ0) is 8.97. The highest BCUT2D eigenvalue weighted by molar-refractivity contribution is 4.81. The molecule has 1 nitrogen and oxygen atoms in total. The zero-order valence-corrected chi connectivity index (χ0v) is 8.77. The number of nitrogens with one attached hydrogen (secondary N) is 1. The fraction of sp³-hybridized carbons (Fsp3) is 1.00. The van der Waals surface area contributed by atoms with Gasteiger partial charge in [0.25, 0.3) is 0 Å². The largest absolute Gasteiger partial charge is 0.320 e. The smallest absolute Gasteiger partial charge is 0.00518 e. The van der Waals surface area contributed by atoms with Gasteiger partial charge in [-0.15, -0.1) is 0 Å². The average molecular weight is 169 g/mol. The molecule has 1 aliphatic rings. The summed E-state index contributed by atoms with van der Waals surface area (Å²) in [5.41, 5.74) is 0. The normalized spacial score (nSPS) is 29.0. The molecule has 0 radical (unpaired) electrons. The summed E-state index contributed by atoms with van der Waals surface area (Å²) in [7, 11) is 2.04. The minimum atomic E-state index is 0.922. The minimum absolute atomic E-state index is 0.922. The van der Waals surface area contributed by atoms with Gasteiger partial charge in [-0.2, -0.15) is 0 Å². The first-order valence-electron chi connectivity index (χ1n) is 5.38. The Kier molecular flexibility index (Phi) is 4.07. The molecule has 0 saturated heterocycles. The van der Waals surface area contributed by atoms with E-state index in [0.29, 0.717) is 0 Å². The predicted molar refractivity (Wildman–Crippen MR) is 54.2 cm³/mol. The molecule has 12 heavy (non-hydrogen) atoms. The summed E-state index contributed by atoms with van der Waals surface area (Å²) in [5, 5.41) is 3.21. The second-order valence-corrected chi connectivity index (χ2v) is 4.59. The molecule has 0 unspecified atom stereocenters. The highest BCUT2D eigenvalue weighted by Crippen LogP contribution is 2.40. The van der Waals surface area contributed by atoms with E-state index in [9.17, 15) is 0 Å². The maximum Gasteiger partial charge on any atom is -0.00518 e. The predicted octanol–water partition coefficient (Wildman–Crippen LogP) is 2.67. The van der Waals surface area contributed by atoms with Crippen LogP contribution in [0.25, 0.3) is 0 Å². The fourth-order valence-electron chi connectivity index (χ4n) is 2.13. The van der Waals surface area contributed by atoms with Crippen molar-refractivity contribution in [3.63, 3.8) is 0 Å². The van der Waals surface area contributed by atoms with Crippen molar-refractivity contribution in [2.24, 2.45) is 17.8 Å². The van der Waals surface area contributed by atoms with Crippen LogP contribution >= 0.6 is 0 Å². The second-order valence-electron chi connectivity index (χ2n) is 4.59. The number of hydrogen-bond donors (Lipinski definition) is 1. The van der Waals surface area contributed by atoms with Crippen LogP contribution in [0.1, 0.15) is 39.5 Å². The van der Waals surface area contributed by atoms with Crippen molar-refractivity contribution < 1.29 is 0 Å². The molecule has 0 aliphatic heterocycles. The first-order chi connectivity index (χ1) is 5.74. The molecule has 0 bridgehead atoms. The molecule has 0 heterocycles. The summed E-state index contributed by atoms with van der Waals surface area (Å²) in [5.74, 6) is 3.03. The van der Waals surface area contributed by atoms with Crippen LogP contribution in [-0.2, 0) is 0 Å². The SMILES string of the molecule is CNCCCC1CC(C(C)C)C1. The highest BCUT2D eigenvalue weighted by atomic mass is 14.8. The van der Waals surface area contributed by atoms with Gasteiger partial charge < -0.3 is 5.32 Å². The molecule has 0 aromatic carbocycles. The molecule has 72 valence electrons. The molecule has 0 atom stereocenters. The van der Waals surface area contributed by atoms with Crippen molar-refractivity contribution in [2.75, 3.05) is 13.6 Å². The van der Waals surface area contributed by atoms with Crippen LogP contribution in [0.2, 0.25) is 0 Å². The lowest BCUT2D eigenvalue weighted by Gasteiger charge is -2.38. The molecule has 1 heteroatoms. The van der Waals surface area contributed by atoms with Gasteiger partial charge in [-0.1, -0.05) is 13.8 Å². The van der Waals surface area contributed by atoms with Gasteiger partial charge in [-0.25, -0.2) is 0 Å². The average Bonchev–Trinajstić information content (AvgIpc) is 1.93. The van der Waals surface area contributed by atoms with Gasteiger partial charge in [-0.05, 0) is 57.0 Å². The van der Waals surface area contributed by atoms with Crippen LogP contribution in [0.15, 0.2) is 0 Å². The Bertz CT molecular complexity index is 114. The molecular weight excluding hydrogens is 146 g/mol. The maximum atomic E-state index is 3.21. The third-order valence-electron chi connectivity index (χ3n) is 3.25. The Hall–Kier alpha value is -0.0400. The molecule has 0 aromatic rings. The molecule has 0 spiro atoms. The van der Waals surface area contributed by atoms with Crippen molar-refractivity contribution in [1.29, 1.82) is 0 Å². The van der Waals surface area contributed by atoms with E-state index in [-0.39, 0.29) is 0 Å². The Morgan fingerprint density at radius 3 is 2.50 bits per heavy atom. The van der Waals surface area contributed by atoms with E-state index >= 15 is 0 Å². The van der Waals surface area contributed by atoms with Gasteiger partial charge in [0.2, 0.25) is 0 Å². The molecule has 0 amide bonds. The Morgan fingerprint density at radius 2 is 2.00 bits per heavy atom. The summed E-state index contributed by atoms with van der Waals surface area (Å²) >= 11 is 0. The Labute approximate surface area is 76.9 Å². The van der Waals surface area contributed by atoms with Crippen LogP contribution < -0.4 is 5.32 Å². The Balaban J connectivity index is 1.95. The lowest BCUT2D eigenvalue weighted by atomic mass is 9.68. The maximum absolute atomic E-state index is 3.21. The van der Waals surface area contributed by atoms with Crippen LogP contribution in [0.5, 0.6) is 0 Å². The summed E-state index contributed by atoms with van der Waals surface area (Å²) in [6, 6.07) is 0. The van der Waals surface area contributed by atoms with Crippen molar-refractivity contribution in [2.45, 2.75) is 39.5 Å². The van der Waals surface area contributed by atoms with Gasteiger partial charge in [-0.3, -0.25) is 0 Å². The molecule has 1 rings (SSSR count). The van der Waals surface area contributed by atoms with E-state index in [4.69, 9.17) is 0 Å². The molecule has 0 aromatic heterocycles. The topological polar surface area (TPSA) is 12.0 Å². The first kappa shape index (κ1) is 10.0. The van der Waals surface area contributed by atoms with Crippen molar-refractivity contribution in [1.82, 2.24) is 5.32 Å². The third kappa shape index (κ3) is 2.78. The van der Waals surface area contributed by atoms with E-state index < -0.39 is 0 Å². The standard InChI is InChI=1S/C11H23N/c1-9(2)11-7-10(8-11)5-4-6-12-3/h9-12H,4-8H2,1-3H3. The lowest BCUT2D eigenvalue weighted by Crippen LogP contribution is -2.28. The quantitative estimate of drug-likeness (QED) is 0.624.